The minimum Gasteiger partial charge on any atom is -0.341 e. The normalized spacial score (nSPS) is 13.7. The van der Waals surface area contributed by atoms with E-state index in [1.54, 1.807) is 0 Å². The first-order valence-corrected chi connectivity index (χ1v) is 3.59. The van der Waals surface area contributed by atoms with Gasteiger partial charge >= 0.3 is 0 Å². The average Bonchev–Trinajstić information content (AvgIpc) is 2.27. The number of aryl methyl sites for hydroxylation is 1. The lowest BCUT2D eigenvalue weighted by Crippen LogP contribution is -1.94. The molecule has 0 atom stereocenters. The van der Waals surface area contributed by atoms with Crippen LogP contribution in [0.15, 0.2) is 30.6 Å². The van der Waals surface area contributed by atoms with Crippen LogP contribution in [0, 0.1) is 6.92 Å². The molecule has 2 N–H and O–H groups in total. The number of fused-ring (bicyclic) bond motifs is 1. The molecule has 1 aliphatic heterocycles. The molecule has 1 heterocycles. The molecule has 2 nitrogen and oxygen atoms in total. The molecular weight excluding hydrogens is 136 g/mol. The van der Waals surface area contributed by atoms with Crippen LogP contribution in [0.5, 0.6) is 0 Å². The number of anilines is 2. The quantitative estimate of drug-likeness (QED) is 0.586. The Morgan fingerprint density at radius 3 is 2.73 bits per heavy atom. The lowest BCUT2D eigenvalue weighted by atomic mass is 10.2. The zero-order valence-corrected chi connectivity index (χ0v) is 6.44. The Morgan fingerprint density at radius 2 is 1.91 bits per heavy atom. The predicted octanol–water partition coefficient (Wildman–Crippen LogP) is 2.30. The van der Waals surface area contributed by atoms with E-state index < -0.39 is 0 Å². The van der Waals surface area contributed by atoms with Gasteiger partial charge in [0, 0.05) is 0 Å². The van der Waals surface area contributed by atoms with Gasteiger partial charge in [0.1, 0.15) is 5.82 Å². The molecule has 0 saturated heterocycles. The second-order valence-electron chi connectivity index (χ2n) is 2.78. The Kier molecular flexibility index (Phi) is 1.15. The third-order valence-electron chi connectivity index (χ3n) is 1.75. The molecule has 0 radical (unpaired) electrons. The van der Waals surface area contributed by atoms with Crippen molar-refractivity contribution in [3.63, 3.8) is 0 Å². The van der Waals surface area contributed by atoms with Crippen LogP contribution in [-0.4, -0.2) is 0 Å². The molecule has 0 aromatic heterocycles. The summed E-state index contributed by atoms with van der Waals surface area (Å²) in [6.07, 6.45) is 0. The largest absolute Gasteiger partial charge is 0.341 e. The molecule has 56 valence electrons. The van der Waals surface area contributed by atoms with E-state index >= 15 is 0 Å². The monoisotopic (exact) mass is 146 g/mol. The molecule has 11 heavy (non-hydrogen) atoms. The summed E-state index contributed by atoms with van der Waals surface area (Å²) in [6, 6.07) is 6.22. The maximum Gasteiger partial charge on any atom is 0.100 e. The van der Waals surface area contributed by atoms with Crippen molar-refractivity contribution in [2.75, 3.05) is 10.6 Å². The summed E-state index contributed by atoms with van der Waals surface area (Å²) in [5.41, 5.74) is 3.49. The van der Waals surface area contributed by atoms with Crippen LogP contribution in [-0.2, 0) is 0 Å². The van der Waals surface area contributed by atoms with Gasteiger partial charge in [-0.15, -0.1) is 0 Å². The molecular formula is C9H10N2. The molecule has 1 aromatic carbocycles. The van der Waals surface area contributed by atoms with Crippen molar-refractivity contribution < 1.29 is 0 Å². The van der Waals surface area contributed by atoms with Gasteiger partial charge in [0.2, 0.25) is 0 Å². The molecule has 1 aliphatic rings. The fraction of sp³-hybridized carbons (Fsp3) is 0.111. The lowest BCUT2D eigenvalue weighted by molar-refractivity contribution is 1.48. The number of nitrogens with one attached hydrogen (secondary N) is 2. The Bertz CT molecular complexity index is 315. The number of hydrogen-bond acceptors (Lipinski definition) is 2. The van der Waals surface area contributed by atoms with E-state index in [-0.39, 0.29) is 0 Å². The highest BCUT2D eigenvalue weighted by molar-refractivity contribution is 5.79. The van der Waals surface area contributed by atoms with E-state index in [0.717, 1.165) is 17.2 Å². The summed E-state index contributed by atoms with van der Waals surface area (Å²) < 4.78 is 0. The van der Waals surface area contributed by atoms with Crippen molar-refractivity contribution in [2.45, 2.75) is 6.92 Å². The number of benzene rings is 1. The van der Waals surface area contributed by atoms with Crippen LogP contribution in [0.4, 0.5) is 11.4 Å². The molecule has 0 spiro atoms. The van der Waals surface area contributed by atoms with E-state index in [1.165, 1.54) is 5.56 Å². The number of rotatable bonds is 0. The van der Waals surface area contributed by atoms with Crippen molar-refractivity contribution >= 4 is 11.4 Å². The van der Waals surface area contributed by atoms with Gasteiger partial charge in [0.15, 0.2) is 0 Å². The van der Waals surface area contributed by atoms with Gasteiger partial charge in [-0.3, -0.25) is 0 Å². The molecule has 2 rings (SSSR count). The Hall–Kier alpha value is -1.44. The second-order valence-corrected chi connectivity index (χ2v) is 2.78. The van der Waals surface area contributed by atoms with Crippen LogP contribution in [0.25, 0.3) is 0 Å². The smallest absolute Gasteiger partial charge is 0.100 e. The molecule has 0 unspecified atom stereocenters. The Labute approximate surface area is 65.9 Å². The molecule has 1 aromatic rings. The van der Waals surface area contributed by atoms with Crippen molar-refractivity contribution in [3.8, 4) is 0 Å². The zero-order valence-electron chi connectivity index (χ0n) is 6.44. The molecule has 0 aliphatic carbocycles. The van der Waals surface area contributed by atoms with Crippen LogP contribution in [0.1, 0.15) is 5.56 Å². The van der Waals surface area contributed by atoms with Gasteiger partial charge in [-0.2, -0.15) is 0 Å². The Morgan fingerprint density at radius 1 is 1.18 bits per heavy atom. The van der Waals surface area contributed by atoms with Crippen molar-refractivity contribution in [1.82, 2.24) is 0 Å². The molecule has 0 saturated carbocycles. The zero-order chi connectivity index (χ0) is 7.84. The highest BCUT2D eigenvalue weighted by Crippen LogP contribution is 2.29. The van der Waals surface area contributed by atoms with Crippen molar-refractivity contribution in [2.24, 2.45) is 0 Å². The maximum atomic E-state index is 3.78. The van der Waals surface area contributed by atoms with Crippen LogP contribution >= 0.6 is 0 Å². The first-order valence-electron chi connectivity index (χ1n) is 3.59. The summed E-state index contributed by atoms with van der Waals surface area (Å²) in [4.78, 5) is 0. The summed E-state index contributed by atoms with van der Waals surface area (Å²) in [7, 11) is 0. The van der Waals surface area contributed by atoms with E-state index in [9.17, 15) is 0 Å². The molecule has 0 amide bonds. The molecule has 0 bridgehead atoms. The summed E-state index contributed by atoms with van der Waals surface area (Å²) in [5.74, 6) is 0.852. The topological polar surface area (TPSA) is 24.1 Å². The highest BCUT2D eigenvalue weighted by atomic mass is 15.2. The minimum absolute atomic E-state index is 0.852. The summed E-state index contributed by atoms with van der Waals surface area (Å²) >= 11 is 0. The van der Waals surface area contributed by atoms with E-state index in [2.05, 4.69) is 42.3 Å². The van der Waals surface area contributed by atoms with Gasteiger partial charge in [0.25, 0.3) is 0 Å². The van der Waals surface area contributed by atoms with Gasteiger partial charge in [0.05, 0.1) is 11.4 Å². The van der Waals surface area contributed by atoms with Crippen LogP contribution in [0.3, 0.4) is 0 Å². The summed E-state index contributed by atoms with van der Waals surface area (Å²) in [6.45, 7) is 5.85. The van der Waals surface area contributed by atoms with Gasteiger partial charge < -0.3 is 10.6 Å². The fourth-order valence-electron chi connectivity index (χ4n) is 1.23. The van der Waals surface area contributed by atoms with E-state index in [4.69, 9.17) is 0 Å². The third kappa shape index (κ3) is 0.963. The van der Waals surface area contributed by atoms with Crippen LogP contribution in [0.2, 0.25) is 0 Å². The summed E-state index contributed by atoms with van der Waals surface area (Å²) in [5, 5.41) is 6.25. The molecule has 2 heteroatoms. The van der Waals surface area contributed by atoms with Crippen molar-refractivity contribution in [3.05, 3.63) is 36.2 Å². The van der Waals surface area contributed by atoms with Gasteiger partial charge in [-0.05, 0) is 24.6 Å². The van der Waals surface area contributed by atoms with Crippen LogP contribution < -0.4 is 10.6 Å². The highest BCUT2D eigenvalue weighted by Gasteiger charge is 2.10. The van der Waals surface area contributed by atoms with Gasteiger partial charge in [-0.25, -0.2) is 0 Å². The second kappa shape index (κ2) is 2.02. The van der Waals surface area contributed by atoms with Gasteiger partial charge in [-0.1, -0.05) is 12.6 Å². The maximum absolute atomic E-state index is 3.78. The molecule has 0 fully saturated rings. The minimum atomic E-state index is 0.852. The van der Waals surface area contributed by atoms with Crippen molar-refractivity contribution in [1.29, 1.82) is 0 Å². The first kappa shape index (κ1) is 6.28. The van der Waals surface area contributed by atoms with E-state index in [1.807, 2.05) is 0 Å². The number of hydrogen-bond donors (Lipinski definition) is 2. The van der Waals surface area contributed by atoms with E-state index in [0.29, 0.717) is 0 Å². The average molecular weight is 146 g/mol. The Balaban J connectivity index is 2.51. The fourth-order valence-corrected chi connectivity index (χ4v) is 1.23. The lowest BCUT2D eigenvalue weighted by Gasteiger charge is -1.97. The standard InChI is InChI=1S/C9H10N2/c1-6-3-4-8-9(5-6)11-7(2)10-8/h3-5,10-11H,2H2,1H3. The SMILES string of the molecule is C=C1Nc2ccc(C)cc2N1. The predicted molar refractivity (Wildman–Crippen MR) is 47.6 cm³/mol. The third-order valence-corrected chi connectivity index (χ3v) is 1.75. The first-order chi connectivity index (χ1) is 5.25.